The fourth-order valence-corrected chi connectivity index (χ4v) is 6.61. The van der Waals surface area contributed by atoms with E-state index in [1.54, 1.807) is 13.8 Å². The zero-order chi connectivity index (χ0) is 28.5. The van der Waals surface area contributed by atoms with E-state index in [1.165, 1.54) is 77.0 Å². The molecule has 0 aromatic carbocycles. The molecule has 1 N–H and O–H groups in total. The first-order valence-electron chi connectivity index (χ1n) is 16.0. The molecule has 1 heterocycles. The zero-order valence-corrected chi connectivity index (χ0v) is 25.3. The summed E-state index contributed by atoms with van der Waals surface area (Å²) in [6.07, 6.45) is 21.1. The number of carbonyl (C=O) groups is 3. The van der Waals surface area contributed by atoms with Gasteiger partial charge in [-0.05, 0) is 46.0 Å². The Hall–Kier alpha value is -1.89. The minimum absolute atomic E-state index is 0.105. The van der Waals surface area contributed by atoms with Crippen molar-refractivity contribution in [3.63, 3.8) is 0 Å². The Morgan fingerprint density at radius 2 is 1.49 bits per heavy atom. The summed E-state index contributed by atoms with van der Waals surface area (Å²) in [5.41, 5.74) is 0.968. The molecule has 224 valence electrons. The third-order valence-corrected chi connectivity index (χ3v) is 8.60. The topological polar surface area (TPSA) is 84.9 Å². The third kappa shape index (κ3) is 10.5. The Bertz CT molecular complexity index is 766. The lowest BCUT2D eigenvalue weighted by molar-refractivity contribution is -0.106. The Morgan fingerprint density at radius 3 is 2.03 bits per heavy atom. The third-order valence-electron chi connectivity index (χ3n) is 8.60. The highest BCUT2D eigenvalue weighted by Crippen LogP contribution is 2.42. The number of ether oxygens (including phenoxy) is 2. The van der Waals surface area contributed by atoms with Gasteiger partial charge in [0.25, 0.3) is 0 Å². The van der Waals surface area contributed by atoms with Crippen molar-refractivity contribution in [2.24, 2.45) is 11.8 Å². The van der Waals surface area contributed by atoms with Crippen LogP contribution in [0.4, 0.5) is 9.59 Å². The minimum atomic E-state index is -0.701. The average molecular weight is 549 g/mol. The highest BCUT2D eigenvalue weighted by molar-refractivity contribution is 5.96. The number of carbonyl (C=O) groups excluding carboxylic acids is 3. The fraction of sp³-hybridized carbons (Fsp3) is 0.844. The van der Waals surface area contributed by atoms with Gasteiger partial charge in [-0.1, -0.05) is 96.8 Å². The highest BCUT2D eigenvalue weighted by atomic mass is 16.6. The molecule has 7 heteroatoms. The monoisotopic (exact) mass is 548 g/mol. The number of urea groups is 1. The van der Waals surface area contributed by atoms with Gasteiger partial charge in [-0.2, -0.15) is 0 Å². The molecular formula is C32H56N2O5. The number of amides is 3. The highest BCUT2D eigenvalue weighted by Gasteiger charge is 2.49. The normalized spacial score (nSPS) is 23.6. The first-order chi connectivity index (χ1) is 19.0. The van der Waals surface area contributed by atoms with Crippen LogP contribution in [-0.2, 0) is 14.3 Å². The van der Waals surface area contributed by atoms with Gasteiger partial charge in [0.05, 0.1) is 18.8 Å². The van der Waals surface area contributed by atoms with Gasteiger partial charge < -0.3 is 14.8 Å². The maximum atomic E-state index is 13.0. The van der Waals surface area contributed by atoms with Gasteiger partial charge in [0.1, 0.15) is 6.29 Å². The van der Waals surface area contributed by atoms with Gasteiger partial charge in [0, 0.05) is 23.8 Å². The molecule has 0 bridgehead atoms. The zero-order valence-electron chi connectivity index (χ0n) is 25.3. The fourth-order valence-electron chi connectivity index (χ4n) is 6.61. The molecule has 0 radical (unpaired) electrons. The molecule has 1 aliphatic carbocycles. The van der Waals surface area contributed by atoms with Crippen molar-refractivity contribution >= 4 is 18.4 Å². The minimum Gasteiger partial charge on any atom is -0.449 e. The van der Waals surface area contributed by atoms with Gasteiger partial charge in [-0.15, -0.1) is 0 Å². The quantitative estimate of drug-likeness (QED) is 0.130. The van der Waals surface area contributed by atoms with E-state index in [-0.39, 0.29) is 24.5 Å². The van der Waals surface area contributed by atoms with Crippen LogP contribution >= 0.6 is 0 Å². The molecule has 39 heavy (non-hydrogen) atoms. The lowest BCUT2D eigenvalue weighted by Crippen LogP contribution is -2.60. The first-order valence-corrected chi connectivity index (χ1v) is 16.0. The summed E-state index contributed by atoms with van der Waals surface area (Å²) in [5.74, 6) is 0.153. The van der Waals surface area contributed by atoms with E-state index in [0.29, 0.717) is 17.9 Å². The number of allylic oxidation sites excluding steroid dienone is 1. The molecule has 4 atom stereocenters. The van der Waals surface area contributed by atoms with Crippen LogP contribution in [0.3, 0.4) is 0 Å². The molecule has 0 spiro atoms. The van der Waals surface area contributed by atoms with Crippen molar-refractivity contribution in [3.8, 4) is 0 Å². The summed E-state index contributed by atoms with van der Waals surface area (Å²) >= 11 is 0. The second-order valence-electron chi connectivity index (χ2n) is 11.4. The van der Waals surface area contributed by atoms with E-state index in [1.807, 2.05) is 6.92 Å². The molecule has 2 aliphatic rings. The Morgan fingerprint density at radius 1 is 0.897 bits per heavy atom. The van der Waals surface area contributed by atoms with Crippen LogP contribution in [0, 0.1) is 11.8 Å². The number of imide groups is 1. The van der Waals surface area contributed by atoms with Crippen LogP contribution in [0.2, 0.25) is 0 Å². The van der Waals surface area contributed by atoms with Crippen molar-refractivity contribution in [2.45, 2.75) is 149 Å². The largest absolute Gasteiger partial charge is 0.449 e. The van der Waals surface area contributed by atoms with Gasteiger partial charge >= 0.3 is 12.1 Å². The number of hydrogen-bond donors (Lipinski definition) is 1. The van der Waals surface area contributed by atoms with Gasteiger partial charge in [-0.3, -0.25) is 4.79 Å². The number of rotatable bonds is 19. The van der Waals surface area contributed by atoms with Crippen LogP contribution in [0.25, 0.3) is 0 Å². The van der Waals surface area contributed by atoms with Crippen molar-refractivity contribution in [2.75, 3.05) is 13.2 Å². The summed E-state index contributed by atoms with van der Waals surface area (Å²) < 4.78 is 11.5. The Balaban J connectivity index is 1.96. The van der Waals surface area contributed by atoms with Crippen LogP contribution in [0.15, 0.2) is 11.3 Å². The van der Waals surface area contributed by atoms with Crippen LogP contribution in [-0.4, -0.2) is 48.7 Å². The average Bonchev–Trinajstić information content (AvgIpc) is 2.91. The first kappa shape index (κ1) is 33.3. The van der Waals surface area contributed by atoms with E-state index < -0.39 is 18.2 Å². The van der Waals surface area contributed by atoms with Crippen molar-refractivity contribution < 1.29 is 23.9 Å². The predicted molar refractivity (Wildman–Crippen MR) is 157 cm³/mol. The number of nitrogens with zero attached hydrogens (tertiary/aromatic N) is 1. The molecule has 0 aromatic heterocycles. The van der Waals surface area contributed by atoms with Crippen molar-refractivity contribution in [1.29, 1.82) is 0 Å². The second kappa shape index (κ2) is 19.2. The maximum absolute atomic E-state index is 13.0. The summed E-state index contributed by atoms with van der Waals surface area (Å²) in [7, 11) is 0. The molecule has 4 unspecified atom stereocenters. The Kier molecular flexibility index (Phi) is 16.4. The van der Waals surface area contributed by atoms with E-state index >= 15 is 0 Å². The Labute approximate surface area is 237 Å². The number of aldehydes is 1. The standard InChI is InChI=1S/C32H56N2O5/c1-5-8-9-10-11-12-13-14-15-16-17-18-19-21-26-22-20-23-28(38-6-2)29(26)30-27(24-35)25(4)33-31(36)34(30)32(37)39-7-3/h24,26,28-30H,5-23H2,1-4H3,(H,33,36). The van der Waals surface area contributed by atoms with E-state index in [9.17, 15) is 14.4 Å². The van der Waals surface area contributed by atoms with Crippen molar-refractivity contribution in [3.05, 3.63) is 11.3 Å². The van der Waals surface area contributed by atoms with Gasteiger partial charge in [0.15, 0.2) is 0 Å². The molecule has 0 saturated heterocycles. The summed E-state index contributed by atoms with van der Waals surface area (Å²) in [6.45, 7) is 8.42. The summed E-state index contributed by atoms with van der Waals surface area (Å²) in [6, 6.07) is -1.19. The molecule has 1 aliphatic heterocycles. The van der Waals surface area contributed by atoms with E-state index in [0.717, 1.165) is 43.3 Å². The molecule has 1 fully saturated rings. The van der Waals surface area contributed by atoms with Crippen molar-refractivity contribution in [1.82, 2.24) is 10.2 Å². The van der Waals surface area contributed by atoms with E-state index in [2.05, 4.69) is 12.2 Å². The number of unbranched alkanes of at least 4 members (excludes halogenated alkanes) is 12. The molecule has 2 rings (SSSR count). The van der Waals surface area contributed by atoms with Gasteiger partial charge in [0.2, 0.25) is 0 Å². The molecular weight excluding hydrogens is 492 g/mol. The molecule has 1 saturated carbocycles. The summed E-state index contributed by atoms with van der Waals surface area (Å²) in [5, 5.41) is 2.69. The van der Waals surface area contributed by atoms with Crippen LogP contribution < -0.4 is 5.32 Å². The predicted octanol–water partition coefficient (Wildman–Crippen LogP) is 8.31. The summed E-state index contributed by atoms with van der Waals surface area (Å²) in [4.78, 5) is 39.4. The lowest BCUT2D eigenvalue weighted by Gasteiger charge is -2.47. The lowest BCUT2D eigenvalue weighted by atomic mass is 9.68. The van der Waals surface area contributed by atoms with Gasteiger partial charge in [-0.25, -0.2) is 14.5 Å². The number of nitrogens with one attached hydrogen (secondary N) is 1. The second-order valence-corrected chi connectivity index (χ2v) is 11.4. The SMILES string of the molecule is CCCCCCCCCCCCCCCC1CCCC(OCC)C1C1C(C=O)=C(C)NC(=O)N1C(=O)OCC. The molecule has 7 nitrogen and oxygen atoms in total. The van der Waals surface area contributed by atoms with Crippen LogP contribution in [0.5, 0.6) is 0 Å². The smallest absolute Gasteiger partial charge is 0.418 e. The van der Waals surface area contributed by atoms with E-state index in [4.69, 9.17) is 9.47 Å². The molecule has 0 aromatic rings. The maximum Gasteiger partial charge on any atom is 0.418 e. The molecule has 3 amide bonds. The number of hydrogen-bond acceptors (Lipinski definition) is 5. The van der Waals surface area contributed by atoms with Crippen LogP contribution in [0.1, 0.15) is 137 Å².